The number of aromatic amines is 2. The lowest BCUT2D eigenvalue weighted by molar-refractivity contribution is -0.117. The van der Waals surface area contributed by atoms with Gasteiger partial charge in [-0.05, 0) is 97.7 Å². The maximum atomic E-state index is 12.2. The summed E-state index contributed by atoms with van der Waals surface area (Å²) in [5.41, 5.74) is 4.38. The van der Waals surface area contributed by atoms with Gasteiger partial charge in [0.25, 0.3) is 0 Å². The number of ether oxygens (including phenoxy) is 1. The highest BCUT2D eigenvalue weighted by Crippen LogP contribution is 2.27. The Labute approximate surface area is 329 Å². The van der Waals surface area contributed by atoms with Gasteiger partial charge in [0, 0.05) is 102 Å². The Hall–Kier alpha value is -3.70. The van der Waals surface area contributed by atoms with Crippen LogP contribution in [0.15, 0.2) is 70.4 Å². The van der Waals surface area contributed by atoms with E-state index in [2.05, 4.69) is 79.2 Å². The van der Waals surface area contributed by atoms with Crippen LogP contribution in [0.4, 0.5) is 4.79 Å². The molecule has 6 aromatic heterocycles. The van der Waals surface area contributed by atoms with E-state index in [0.29, 0.717) is 24.1 Å². The highest BCUT2D eigenvalue weighted by Gasteiger charge is 2.21. The number of hydrogen-bond acceptors (Lipinski definition) is 10. The van der Waals surface area contributed by atoms with E-state index in [4.69, 9.17) is 4.74 Å². The number of nitrogens with one attached hydrogen (secondary N) is 2. The highest BCUT2D eigenvalue weighted by atomic mass is 79.9. The van der Waals surface area contributed by atoms with Crippen molar-refractivity contribution in [3.63, 3.8) is 0 Å². The topological polar surface area (TPSA) is 153 Å². The van der Waals surface area contributed by atoms with Crippen LogP contribution in [0.1, 0.15) is 58.6 Å². The molecule has 2 N–H and O–H groups in total. The second kappa shape index (κ2) is 19.8. The number of carbonyl (C=O) groups is 4. The molecule has 0 unspecified atom stereocenters. The summed E-state index contributed by atoms with van der Waals surface area (Å²) < 4.78 is 8.53. The fourth-order valence-corrected chi connectivity index (χ4v) is 5.64. The van der Waals surface area contributed by atoms with Gasteiger partial charge in [0.2, 0.25) is 0 Å². The molecule has 0 atom stereocenters. The van der Waals surface area contributed by atoms with Crippen molar-refractivity contribution in [3.8, 4) is 0 Å². The molecular formula is C35H38Br2N6O5S3. The first-order valence-electron chi connectivity index (χ1n) is 15.2. The molecule has 0 spiro atoms. The Morgan fingerprint density at radius 1 is 0.765 bits per heavy atom. The lowest BCUT2D eigenvalue weighted by Gasteiger charge is -2.19. The summed E-state index contributed by atoms with van der Waals surface area (Å²) in [6.45, 7) is 10.1. The molecule has 51 heavy (non-hydrogen) atoms. The molecule has 0 aromatic carbocycles. The zero-order chi connectivity index (χ0) is 37.2. The normalized spacial score (nSPS) is 10.5. The van der Waals surface area contributed by atoms with Crippen LogP contribution in [0.5, 0.6) is 0 Å². The number of nitrogens with zero attached hydrogens (tertiary/aromatic N) is 4. The average molecular weight is 879 g/mol. The van der Waals surface area contributed by atoms with E-state index in [-0.39, 0.29) is 37.3 Å². The Balaban J connectivity index is 0.000000265. The highest BCUT2D eigenvalue weighted by molar-refractivity contribution is 9.11. The van der Waals surface area contributed by atoms with Crippen LogP contribution in [-0.4, -0.2) is 58.5 Å². The maximum Gasteiger partial charge on any atom is 0.419 e. The summed E-state index contributed by atoms with van der Waals surface area (Å²) in [5.74, 6) is 0.315. The quantitative estimate of drug-likeness (QED) is 0.169. The van der Waals surface area contributed by atoms with Gasteiger partial charge in [-0.3, -0.25) is 29.3 Å². The summed E-state index contributed by atoms with van der Waals surface area (Å²) in [5, 5.41) is 3.00. The molecule has 0 amide bonds. The summed E-state index contributed by atoms with van der Waals surface area (Å²) in [6.07, 6.45) is 11.1. The third kappa shape index (κ3) is 13.1. The lowest BCUT2D eigenvalue weighted by atomic mass is 10.2. The maximum absolute atomic E-state index is 12.2. The molecule has 0 bridgehead atoms. The molecule has 0 radical (unpaired) electrons. The summed E-state index contributed by atoms with van der Waals surface area (Å²) in [4.78, 5) is 63.8. The Kier molecular flexibility index (Phi) is 16.9. The fraction of sp³-hybridized carbons (Fsp3) is 0.286. The van der Waals surface area contributed by atoms with Crippen molar-refractivity contribution in [3.05, 3.63) is 87.5 Å². The molecule has 0 saturated heterocycles. The monoisotopic (exact) mass is 876 g/mol. The molecule has 0 aliphatic rings. The van der Waals surface area contributed by atoms with Crippen molar-refractivity contribution >= 4 is 124 Å². The first-order chi connectivity index (χ1) is 23.6. The average Bonchev–Trinajstić information content (AvgIpc) is 3.74. The molecule has 270 valence electrons. The second-order valence-electron chi connectivity index (χ2n) is 12.3. The van der Waals surface area contributed by atoms with Crippen LogP contribution in [-0.2, 0) is 60.8 Å². The van der Waals surface area contributed by atoms with Crippen LogP contribution < -0.4 is 0 Å². The third-order valence-corrected chi connectivity index (χ3v) is 7.93. The number of aromatic nitrogens is 6. The predicted molar refractivity (Wildman–Crippen MR) is 217 cm³/mol. The van der Waals surface area contributed by atoms with E-state index in [1.165, 1.54) is 11.5 Å². The SMILES string of the molecule is CC(=O)Cc1cc2c(Br)c[nH]c2cn1.CC(=O)Cc1cc2c(Br)cn(C(=O)OC(C)(C)C)c2cn1.CC(=O)Cc1cc2cc[nH]c2cn1.S.S=S. The van der Waals surface area contributed by atoms with Crippen molar-refractivity contribution in [2.45, 2.75) is 66.4 Å². The molecular weight excluding hydrogens is 840 g/mol. The minimum Gasteiger partial charge on any atom is -0.443 e. The van der Waals surface area contributed by atoms with Crippen molar-refractivity contribution in [2.24, 2.45) is 0 Å². The summed E-state index contributed by atoms with van der Waals surface area (Å²) >= 11 is 14.2. The van der Waals surface area contributed by atoms with Crippen LogP contribution in [0.3, 0.4) is 0 Å². The van der Waals surface area contributed by atoms with Crippen molar-refractivity contribution in [1.29, 1.82) is 0 Å². The molecule has 0 aliphatic carbocycles. The van der Waals surface area contributed by atoms with Crippen LogP contribution in [0.25, 0.3) is 32.7 Å². The number of H-pyrrole nitrogens is 2. The zero-order valence-electron chi connectivity index (χ0n) is 28.8. The Morgan fingerprint density at radius 2 is 1.27 bits per heavy atom. The van der Waals surface area contributed by atoms with Gasteiger partial charge in [-0.2, -0.15) is 13.5 Å². The molecule has 6 heterocycles. The predicted octanol–water partition coefficient (Wildman–Crippen LogP) is 7.97. The van der Waals surface area contributed by atoms with Crippen molar-refractivity contribution in [2.75, 3.05) is 0 Å². The van der Waals surface area contributed by atoms with Gasteiger partial charge in [-0.15, -0.1) is 0 Å². The van der Waals surface area contributed by atoms with E-state index >= 15 is 0 Å². The van der Waals surface area contributed by atoms with Crippen LogP contribution in [0, 0.1) is 0 Å². The first kappa shape index (κ1) is 43.5. The Morgan fingerprint density at radius 3 is 1.82 bits per heavy atom. The van der Waals surface area contributed by atoms with E-state index in [1.54, 1.807) is 38.6 Å². The van der Waals surface area contributed by atoms with Gasteiger partial charge in [0.05, 0.1) is 35.1 Å². The van der Waals surface area contributed by atoms with E-state index < -0.39 is 11.7 Å². The Bertz CT molecular complexity index is 2160. The number of hydrogen-bond donors (Lipinski definition) is 2. The molecule has 6 rings (SSSR count). The summed E-state index contributed by atoms with van der Waals surface area (Å²) in [6, 6.07) is 7.65. The van der Waals surface area contributed by atoms with Gasteiger partial charge in [0.1, 0.15) is 23.0 Å². The van der Waals surface area contributed by atoms with Gasteiger partial charge >= 0.3 is 6.09 Å². The van der Waals surface area contributed by atoms with Crippen molar-refractivity contribution < 1.29 is 23.9 Å². The van der Waals surface area contributed by atoms with Crippen molar-refractivity contribution in [1.82, 2.24) is 29.5 Å². The van der Waals surface area contributed by atoms with E-state index in [0.717, 1.165) is 47.5 Å². The minimum atomic E-state index is -0.567. The van der Waals surface area contributed by atoms with Crippen LogP contribution in [0.2, 0.25) is 0 Å². The zero-order valence-corrected chi connectivity index (χ0v) is 34.6. The fourth-order valence-electron chi connectivity index (χ4n) is 4.67. The molecule has 0 aliphatic heterocycles. The molecule has 11 nitrogen and oxygen atoms in total. The number of Topliss-reactive ketones (excluding diaryl/α,β-unsaturated/α-hetero) is 3. The standard InChI is InChI=1S/C15H17BrN2O3.C10H9BrN2O.C10H10N2O.S2.H2S/c1-9(19)5-10-6-11-12(16)8-18(13(11)7-17-10)14(20)21-15(2,3)4;1-6(14)2-7-3-8-9(11)4-13-10(8)5-12-7;1-7(13)4-9-5-8-2-3-11-10(8)6-12-9;1-2;/h6-8H,5H2,1-4H3;3-5,13H,2H2,1H3;2-3,5-6,11H,4H2,1H3;;1H2. The number of carbonyl (C=O) groups excluding carboxylic acids is 4. The number of ketones is 3. The largest absolute Gasteiger partial charge is 0.443 e. The van der Waals surface area contributed by atoms with Gasteiger partial charge < -0.3 is 14.7 Å². The number of halogens is 2. The van der Waals surface area contributed by atoms with E-state index in [9.17, 15) is 19.2 Å². The molecule has 0 fully saturated rings. The second-order valence-corrected chi connectivity index (χ2v) is 14.0. The lowest BCUT2D eigenvalue weighted by Crippen LogP contribution is -2.26. The minimum absolute atomic E-state index is 0. The smallest absolute Gasteiger partial charge is 0.419 e. The molecule has 16 heteroatoms. The van der Waals surface area contributed by atoms with Crippen LogP contribution >= 0.6 is 45.4 Å². The third-order valence-electron chi connectivity index (χ3n) is 6.65. The molecule has 0 saturated carbocycles. The number of pyridine rings is 3. The number of fused-ring (bicyclic) bond motifs is 3. The van der Waals surface area contributed by atoms with Gasteiger partial charge in [0.15, 0.2) is 0 Å². The number of rotatable bonds is 6. The molecule has 6 aromatic rings. The first-order valence-corrected chi connectivity index (χ1v) is 18.1. The van der Waals surface area contributed by atoms with E-state index in [1.807, 2.05) is 57.4 Å². The van der Waals surface area contributed by atoms with Gasteiger partial charge in [-0.25, -0.2) is 9.36 Å². The van der Waals surface area contributed by atoms with Gasteiger partial charge in [-0.1, -0.05) is 0 Å². The summed E-state index contributed by atoms with van der Waals surface area (Å²) in [7, 11) is 0.